The van der Waals surface area contributed by atoms with Gasteiger partial charge in [-0.05, 0) is 31.0 Å². The fourth-order valence-corrected chi connectivity index (χ4v) is 4.55. The van der Waals surface area contributed by atoms with Crippen molar-refractivity contribution < 1.29 is 19.1 Å². The largest absolute Gasteiger partial charge is 0.451 e. The van der Waals surface area contributed by atoms with Gasteiger partial charge in [-0.25, -0.2) is 4.79 Å². The predicted molar refractivity (Wildman–Crippen MR) is 109 cm³/mol. The number of nitrogens with zero attached hydrogens (tertiary/aromatic N) is 3. The number of rotatable bonds is 5. The van der Waals surface area contributed by atoms with Gasteiger partial charge < -0.3 is 4.74 Å². The van der Waals surface area contributed by atoms with Crippen molar-refractivity contribution in [3.05, 3.63) is 51.5 Å². The fourth-order valence-electron chi connectivity index (χ4n) is 3.30. The highest BCUT2D eigenvalue weighted by molar-refractivity contribution is 7.20. The van der Waals surface area contributed by atoms with Gasteiger partial charge in [0.2, 0.25) is 5.91 Å². The number of hydrogen-bond acceptors (Lipinski definition) is 6. The normalized spacial score (nSPS) is 14.0. The maximum absolute atomic E-state index is 12.4. The van der Waals surface area contributed by atoms with Gasteiger partial charge in [-0.15, -0.1) is 11.3 Å². The summed E-state index contributed by atoms with van der Waals surface area (Å²) in [5.41, 5.74) is 1.72. The molecule has 1 saturated heterocycles. The van der Waals surface area contributed by atoms with Crippen LogP contribution in [0.25, 0.3) is 10.2 Å². The summed E-state index contributed by atoms with van der Waals surface area (Å²) in [6, 6.07) is 9.25. The van der Waals surface area contributed by atoms with Crippen molar-refractivity contribution >= 4 is 50.9 Å². The summed E-state index contributed by atoms with van der Waals surface area (Å²) >= 11 is 7.50. The molecule has 150 valence electrons. The van der Waals surface area contributed by atoms with E-state index in [0.29, 0.717) is 35.8 Å². The first-order valence-electron chi connectivity index (χ1n) is 9.14. The zero-order valence-electron chi connectivity index (χ0n) is 15.7. The molecule has 2 aromatic heterocycles. The molecule has 7 nitrogen and oxygen atoms in total. The van der Waals surface area contributed by atoms with Gasteiger partial charge in [0.25, 0.3) is 5.91 Å². The Bertz CT molecular complexity index is 1120. The third-order valence-electron chi connectivity index (χ3n) is 4.79. The maximum Gasteiger partial charge on any atom is 0.348 e. The lowest BCUT2D eigenvalue weighted by Gasteiger charge is -2.12. The number of carbonyl (C=O) groups is 3. The highest BCUT2D eigenvalue weighted by Crippen LogP contribution is 2.30. The van der Waals surface area contributed by atoms with Crippen LogP contribution in [0.2, 0.25) is 5.02 Å². The van der Waals surface area contributed by atoms with Gasteiger partial charge in [0.15, 0.2) is 6.61 Å². The van der Waals surface area contributed by atoms with E-state index in [1.807, 2.05) is 31.2 Å². The van der Waals surface area contributed by atoms with Crippen molar-refractivity contribution in [2.24, 2.45) is 0 Å². The molecular formula is C20H18ClN3O4S. The molecule has 0 saturated carbocycles. The molecule has 0 radical (unpaired) electrons. The summed E-state index contributed by atoms with van der Waals surface area (Å²) in [4.78, 5) is 38.5. The minimum atomic E-state index is -0.588. The molecule has 0 bridgehead atoms. The van der Waals surface area contributed by atoms with Crippen molar-refractivity contribution in [3.8, 4) is 0 Å². The molecule has 1 aliphatic heterocycles. The number of ether oxygens (including phenoxy) is 1. The average molecular weight is 432 g/mol. The smallest absolute Gasteiger partial charge is 0.348 e. The van der Waals surface area contributed by atoms with Crippen LogP contribution in [0.15, 0.2) is 30.3 Å². The van der Waals surface area contributed by atoms with Gasteiger partial charge in [0, 0.05) is 23.4 Å². The molecule has 0 atom stereocenters. The number of fused-ring (bicyclic) bond motifs is 1. The Morgan fingerprint density at radius 3 is 2.83 bits per heavy atom. The topological polar surface area (TPSA) is 81.5 Å². The number of likely N-dealkylation sites (tertiary alicyclic amines) is 1. The molecule has 1 aromatic carbocycles. The van der Waals surface area contributed by atoms with Crippen LogP contribution in [0.1, 0.15) is 33.8 Å². The molecule has 0 aliphatic carbocycles. The highest BCUT2D eigenvalue weighted by atomic mass is 35.5. The molecule has 2 amide bonds. The minimum Gasteiger partial charge on any atom is -0.451 e. The highest BCUT2D eigenvalue weighted by Gasteiger charge is 2.27. The van der Waals surface area contributed by atoms with Gasteiger partial charge in [-0.2, -0.15) is 5.10 Å². The third-order valence-corrected chi connectivity index (χ3v) is 6.28. The lowest BCUT2D eigenvalue weighted by molar-refractivity contribution is -0.143. The van der Waals surface area contributed by atoms with Crippen molar-refractivity contribution in [1.82, 2.24) is 14.7 Å². The number of carbonyl (C=O) groups excluding carboxylic acids is 3. The van der Waals surface area contributed by atoms with E-state index in [-0.39, 0.29) is 5.91 Å². The number of halogens is 1. The van der Waals surface area contributed by atoms with Crippen molar-refractivity contribution in [1.29, 1.82) is 0 Å². The molecule has 9 heteroatoms. The standard InChI is InChI=1S/C20H18ClN3O4S/c1-12-14-9-16(20(27)28-11-18(26)23-8-4-7-17(23)25)29-19(14)24(22-12)10-13-5-2-3-6-15(13)21/h2-3,5-6,9H,4,7-8,10-11H2,1H3. The van der Waals surface area contributed by atoms with Gasteiger partial charge in [0.05, 0.1) is 12.2 Å². The summed E-state index contributed by atoms with van der Waals surface area (Å²) < 4.78 is 6.95. The number of imide groups is 1. The Morgan fingerprint density at radius 1 is 1.31 bits per heavy atom. The number of aryl methyl sites for hydroxylation is 1. The molecule has 29 heavy (non-hydrogen) atoms. The van der Waals surface area contributed by atoms with E-state index in [2.05, 4.69) is 5.10 Å². The van der Waals surface area contributed by atoms with Crippen LogP contribution >= 0.6 is 22.9 Å². The lowest BCUT2D eigenvalue weighted by atomic mass is 10.2. The zero-order chi connectivity index (χ0) is 20.5. The van der Waals surface area contributed by atoms with Crippen molar-refractivity contribution in [2.45, 2.75) is 26.3 Å². The molecule has 0 unspecified atom stereocenters. The quantitative estimate of drug-likeness (QED) is 0.578. The van der Waals surface area contributed by atoms with Gasteiger partial charge in [0.1, 0.15) is 9.71 Å². The number of esters is 1. The molecular weight excluding hydrogens is 414 g/mol. The van der Waals surface area contributed by atoms with Crippen LogP contribution in [-0.4, -0.2) is 45.6 Å². The van der Waals surface area contributed by atoms with E-state index in [4.69, 9.17) is 16.3 Å². The van der Waals surface area contributed by atoms with E-state index < -0.39 is 18.5 Å². The molecule has 3 aromatic rings. The number of hydrogen-bond donors (Lipinski definition) is 0. The maximum atomic E-state index is 12.4. The molecule has 1 aliphatic rings. The summed E-state index contributed by atoms with van der Waals surface area (Å²) in [6.45, 7) is 2.29. The van der Waals surface area contributed by atoms with Crippen LogP contribution < -0.4 is 0 Å². The third kappa shape index (κ3) is 3.90. The second-order valence-corrected chi connectivity index (χ2v) is 8.22. The van der Waals surface area contributed by atoms with Gasteiger partial charge in [-0.1, -0.05) is 29.8 Å². The van der Waals surface area contributed by atoms with Crippen LogP contribution in [-0.2, 0) is 20.9 Å². The zero-order valence-corrected chi connectivity index (χ0v) is 17.3. The summed E-state index contributed by atoms with van der Waals surface area (Å²) in [7, 11) is 0. The monoisotopic (exact) mass is 431 g/mol. The Morgan fingerprint density at radius 2 is 2.10 bits per heavy atom. The molecule has 3 heterocycles. The number of benzene rings is 1. The van der Waals surface area contributed by atoms with E-state index in [1.165, 1.54) is 11.3 Å². The van der Waals surface area contributed by atoms with Crippen LogP contribution in [0.3, 0.4) is 0 Å². The van der Waals surface area contributed by atoms with Gasteiger partial charge in [-0.3, -0.25) is 19.2 Å². The average Bonchev–Trinajstić information content (AvgIpc) is 3.39. The van der Waals surface area contributed by atoms with Crippen LogP contribution in [0, 0.1) is 6.92 Å². The SMILES string of the molecule is Cc1nn(Cc2ccccc2Cl)c2sc(C(=O)OCC(=O)N3CCCC3=O)cc12. The first-order valence-corrected chi connectivity index (χ1v) is 10.3. The Labute approximate surface area is 175 Å². The van der Waals surface area contributed by atoms with E-state index in [1.54, 1.807) is 10.7 Å². The second kappa shape index (κ2) is 7.96. The van der Waals surface area contributed by atoms with Crippen molar-refractivity contribution in [2.75, 3.05) is 13.2 Å². The molecule has 4 rings (SSSR count). The van der Waals surface area contributed by atoms with Gasteiger partial charge >= 0.3 is 5.97 Å². The predicted octanol–water partition coefficient (Wildman–Crippen LogP) is 3.41. The van der Waals surface area contributed by atoms with Crippen LogP contribution in [0.5, 0.6) is 0 Å². The molecule has 1 fully saturated rings. The molecule has 0 spiro atoms. The molecule has 0 N–H and O–H groups in total. The second-order valence-electron chi connectivity index (χ2n) is 6.78. The Kier molecular flexibility index (Phi) is 5.38. The summed E-state index contributed by atoms with van der Waals surface area (Å²) in [5, 5.41) is 6.05. The van der Waals surface area contributed by atoms with Crippen LogP contribution in [0.4, 0.5) is 0 Å². The van der Waals surface area contributed by atoms with E-state index >= 15 is 0 Å². The summed E-state index contributed by atoms with van der Waals surface area (Å²) in [5.74, 6) is -1.29. The Hall–Kier alpha value is -2.71. The minimum absolute atomic E-state index is 0.219. The number of thiophene rings is 1. The van der Waals surface area contributed by atoms with Crippen molar-refractivity contribution in [3.63, 3.8) is 0 Å². The first kappa shape index (κ1) is 19.6. The summed E-state index contributed by atoms with van der Waals surface area (Å²) in [6.07, 6.45) is 1.01. The van der Waals surface area contributed by atoms with E-state index in [9.17, 15) is 14.4 Å². The lowest BCUT2D eigenvalue weighted by Crippen LogP contribution is -2.35. The number of amides is 2. The Balaban J connectivity index is 1.50. The fraction of sp³-hybridized carbons (Fsp3) is 0.300. The number of aromatic nitrogens is 2. The first-order chi connectivity index (χ1) is 13.9. The van der Waals surface area contributed by atoms with E-state index in [0.717, 1.165) is 26.4 Å².